The van der Waals surface area contributed by atoms with Gasteiger partial charge in [-0.05, 0) is 32.9 Å². The molecule has 5 rings (SSSR count). The van der Waals surface area contributed by atoms with E-state index in [0.717, 1.165) is 21.4 Å². The fraction of sp³-hybridized carbons (Fsp3) is 0.520. The molecule has 7 atom stereocenters. The number of aromatic nitrogens is 3. The first-order valence-electron chi connectivity index (χ1n) is 13.6. The van der Waals surface area contributed by atoms with E-state index in [1.54, 1.807) is 45.0 Å². The quantitative estimate of drug-likeness (QED) is 0.215. The Morgan fingerprint density at radius 1 is 1.18 bits per heavy atom. The summed E-state index contributed by atoms with van der Waals surface area (Å²) in [6.45, 7) is 3.25. The van der Waals surface area contributed by atoms with Gasteiger partial charge in [0.2, 0.25) is 6.29 Å². The van der Waals surface area contributed by atoms with Gasteiger partial charge in [0.15, 0.2) is 11.8 Å². The molecule has 2 aliphatic heterocycles. The van der Waals surface area contributed by atoms with Gasteiger partial charge in [-0.15, -0.1) is 0 Å². The number of hydrogen-bond donors (Lipinski definition) is 3. The number of aliphatic hydroxyl groups is 2. The second kappa shape index (κ2) is 12.6. The van der Waals surface area contributed by atoms with Crippen LogP contribution in [0.4, 0.5) is 0 Å². The van der Waals surface area contributed by atoms with Crippen LogP contribution in [0.1, 0.15) is 39.1 Å². The molecule has 0 amide bonds. The van der Waals surface area contributed by atoms with Gasteiger partial charge in [-0.1, -0.05) is 17.3 Å². The van der Waals surface area contributed by atoms with Crippen molar-refractivity contribution in [1.29, 1.82) is 0 Å². The van der Waals surface area contributed by atoms with Gasteiger partial charge in [0.05, 0.1) is 25.2 Å². The van der Waals surface area contributed by atoms with Crippen LogP contribution in [0.2, 0.25) is 0 Å². The van der Waals surface area contributed by atoms with E-state index in [1.807, 2.05) is 0 Å². The summed E-state index contributed by atoms with van der Waals surface area (Å²) in [6.07, 6.45) is -6.93. The predicted molar refractivity (Wildman–Crippen MR) is 149 cm³/mol. The Bertz CT molecular complexity index is 1780. The third kappa shape index (κ3) is 7.36. The second-order valence-electron chi connectivity index (χ2n) is 11.2. The Hall–Kier alpha value is -3.02. The molecule has 0 radical (unpaired) electrons. The fourth-order valence-corrected chi connectivity index (χ4v) is 7.10. The molecule has 2 saturated heterocycles. The van der Waals surface area contributed by atoms with Gasteiger partial charge in [-0.25, -0.2) is 18.4 Å². The standard InChI is InChI=1S/C25H31N3O15P2/c1-25(2,3)23(32)40-19-9-11-37-45(36,42-19)43-44(34,35)38-13-17-20(30)21(31)22(39-17)27-10-8-18(29)28(24(27)33)12-15-14-6-4-5-7-16(14)41-26-15/h4-8,10,17,19-22,30-31H,9,11-13H2,1-3H3,(H,34,35)/t17-,19?,20?,21?,22-,45?/m1/s1. The molecule has 1 aromatic carbocycles. The zero-order valence-corrected chi connectivity index (χ0v) is 25.9. The highest BCUT2D eigenvalue weighted by molar-refractivity contribution is 7.61. The summed E-state index contributed by atoms with van der Waals surface area (Å²) in [7, 11) is -10.0. The van der Waals surface area contributed by atoms with Gasteiger partial charge < -0.3 is 29.1 Å². The Morgan fingerprint density at radius 2 is 1.91 bits per heavy atom. The number of para-hydroxylation sites is 1. The highest BCUT2D eigenvalue weighted by Crippen LogP contribution is 2.65. The highest BCUT2D eigenvalue weighted by atomic mass is 31.3. The molecule has 0 saturated carbocycles. The smallest absolute Gasteiger partial charge is 0.435 e. The molecule has 0 bridgehead atoms. The van der Waals surface area contributed by atoms with Crippen LogP contribution in [0.5, 0.6) is 0 Å². The lowest BCUT2D eigenvalue weighted by Crippen LogP contribution is -2.43. The number of rotatable bonds is 9. The van der Waals surface area contributed by atoms with Gasteiger partial charge in [0.1, 0.15) is 24.0 Å². The number of fused-ring (bicyclic) bond motifs is 1. The number of hydrogen-bond acceptors (Lipinski definition) is 15. The zero-order chi connectivity index (χ0) is 32.7. The number of ether oxygens (including phenoxy) is 2. The molecule has 20 heteroatoms. The van der Waals surface area contributed by atoms with E-state index in [2.05, 4.69) is 9.47 Å². The second-order valence-corrected chi connectivity index (χ2v) is 14.4. The lowest BCUT2D eigenvalue weighted by molar-refractivity contribution is -0.181. The van der Waals surface area contributed by atoms with Crippen molar-refractivity contribution in [3.05, 3.63) is 63.1 Å². The van der Waals surface area contributed by atoms with Gasteiger partial charge in [0, 0.05) is 24.1 Å². The Morgan fingerprint density at radius 3 is 2.64 bits per heavy atom. The number of carbonyl (C=O) groups is 1. The number of phosphoric acid groups is 2. The maximum Gasteiger partial charge on any atom is 0.486 e. The van der Waals surface area contributed by atoms with Crippen LogP contribution in [0.25, 0.3) is 11.0 Å². The molecule has 3 N–H and O–H groups in total. The summed E-state index contributed by atoms with van der Waals surface area (Å²) in [5.74, 6) is -0.689. The Labute approximate surface area is 254 Å². The maximum atomic E-state index is 13.3. The summed E-state index contributed by atoms with van der Waals surface area (Å²) in [5, 5.41) is 25.7. The molecule has 3 aromatic rings. The average Bonchev–Trinajstić information content (AvgIpc) is 3.49. The number of esters is 1. The maximum absolute atomic E-state index is 13.3. The fourth-order valence-electron chi connectivity index (χ4n) is 4.39. The minimum Gasteiger partial charge on any atom is -0.435 e. The van der Waals surface area contributed by atoms with E-state index < -0.39 is 75.7 Å². The van der Waals surface area contributed by atoms with E-state index in [-0.39, 0.29) is 19.6 Å². The molecule has 2 fully saturated rings. The van der Waals surface area contributed by atoms with Gasteiger partial charge in [0.25, 0.3) is 5.56 Å². The van der Waals surface area contributed by atoms with Crippen molar-refractivity contribution in [3.8, 4) is 0 Å². The van der Waals surface area contributed by atoms with Gasteiger partial charge in [-0.3, -0.25) is 27.8 Å². The summed E-state index contributed by atoms with van der Waals surface area (Å²) in [6, 6.07) is 7.86. The van der Waals surface area contributed by atoms with E-state index in [0.29, 0.717) is 16.7 Å². The van der Waals surface area contributed by atoms with Crippen LogP contribution in [0.15, 0.2) is 50.6 Å². The van der Waals surface area contributed by atoms with Crippen LogP contribution >= 0.6 is 15.6 Å². The first-order chi connectivity index (χ1) is 21.1. The van der Waals surface area contributed by atoms with Crippen molar-refractivity contribution < 1.29 is 60.9 Å². The minimum absolute atomic E-state index is 0.0327. The molecule has 18 nitrogen and oxygen atoms in total. The Kier molecular flexibility index (Phi) is 9.37. The minimum atomic E-state index is -5.24. The van der Waals surface area contributed by atoms with Crippen LogP contribution in [-0.2, 0) is 47.8 Å². The Balaban J connectivity index is 1.25. The van der Waals surface area contributed by atoms with Crippen molar-refractivity contribution in [2.75, 3.05) is 13.2 Å². The SMILES string of the molecule is CC(C)(C)C(=O)OC1CCOP(=O)(OP(=O)(O)OC[C@H]2O[C@@H](n3ccc(=O)n(Cc4noc5ccccc45)c3=O)C(O)C2O)O1. The van der Waals surface area contributed by atoms with Crippen molar-refractivity contribution >= 4 is 32.6 Å². The topological polar surface area (TPSA) is 237 Å². The number of benzene rings is 1. The molecule has 5 unspecified atom stereocenters. The molecular weight excluding hydrogens is 644 g/mol. The number of carbonyl (C=O) groups excluding carboxylic acids is 1. The average molecular weight is 675 g/mol. The number of aliphatic hydroxyl groups excluding tert-OH is 2. The zero-order valence-electron chi connectivity index (χ0n) is 24.2. The molecule has 2 aromatic heterocycles. The first kappa shape index (κ1) is 33.3. The highest BCUT2D eigenvalue weighted by Gasteiger charge is 2.48. The first-order valence-corrected chi connectivity index (χ1v) is 16.5. The molecular formula is C25H31N3O15P2. The lowest BCUT2D eigenvalue weighted by Gasteiger charge is -2.30. The predicted octanol–water partition coefficient (Wildman–Crippen LogP) is 1.41. The van der Waals surface area contributed by atoms with Crippen molar-refractivity contribution in [3.63, 3.8) is 0 Å². The summed E-state index contributed by atoms with van der Waals surface area (Å²) >= 11 is 0. The van der Waals surface area contributed by atoms with Crippen molar-refractivity contribution in [2.45, 2.75) is 64.6 Å². The summed E-state index contributed by atoms with van der Waals surface area (Å²) < 4.78 is 62.4. The van der Waals surface area contributed by atoms with E-state index in [1.165, 1.54) is 0 Å². The summed E-state index contributed by atoms with van der Waals surface area (Å²) in [5.41, 5.74) is -1.79. The molecule has 45 heavy (non-hydrogen) atoms. The van der Waals surface area contributed by atoms with Gasteiger partial charge in [-0.2, -0.15) is 4.31 Å². The normalized spacial score (nSPS) is 28.6. The van der Waals surface area contributed by atoms with E-state index in [4.69, 9.17) is 27.6 Å². The van der Waals surface area contributed by atoms with Gasteiger partial charge >= 0.3 is 27.3 Å². The van der Waals surface area contributed by atoms with Crippen molar-refractivity contribution in [1.82, 2.24) is 14.3 Å². The largest absolute Gasteiger partial charge is 0.486 e. The monoisotopic (exact) mass is 675 g/mol. The van der Waals surface area contributed by atoms with Crippen molar-refractivity contribution in [2.24, 2.45) is 5.41 Å². The third-order valence-corrected chi connectivity index (χ3v) is 9.87. The molecule has 0 aliphatic carbocycles. The number of nitrogens with zero attached hydrogens (tertiary/aromatic N) is 3. The van der Waals surface area contributed by atoms with E-state index >= 15 is 0 Å². The van der Waals surface area contributed by atoms with Crippen LogP contribution in [-0.4, -0.2) is 73.2 Å². The molecule has 246 valence electrons. The lowest BCUT2D eigenvalue weighted by atomic mass is 9.97. The molecule has 4 heterocycles. The van der Waals surface area contributed by atoms with Crippen LogP contribution in [0, 0.1) is 5.41 Å². The third-order valence-electron chi connectivity index (χ3n) is 6.77. The van der Waals surface area contributed by atoms with Crippen LogP contribution < -0.4 is 11.2 Å². The molecule has 2 aliphatic rings. The van der Waals surface area contributed by atoms with E-state index in [9.17, 15) is 38.6 Å². The van der Waals surface area contributed by atoms with Crippen LogP contribution in [0.3, 0.4) is 0 Å². The summed E-state index contributed by atoms with van der Waals surface area (Å²) in [4.78, 5) is 48.2. The molecule has 0 spiro atoms. The number of phosphoric ester groups is 2.